The zero-order chi connectivity index (χ0) is 14.9. The fraction of sp³-hybridized carbons (Fsp3) is 0.722. The molecule has 1 aliphatic carbocycles. The zero-order valence-corrected chi connectivity index (χ0v) is 13.6. The second-order valence-electron chi connectivity index (χ2n) is 6.04. The van der Waals surface area contributed by atoms with E-state index in [0.29, 0.717) is 5.92 Å². The predicted molar refractivity (Wildman–Crippen MR) is 87.3 cm³/mol. The van der Waals surface area contributed by atoms with Crippen molar-refractivity contribution in [3.05, 3.63) is 30.1 Å². The van der Waals surface area contributed by atoms with E-state index in [0.717, 1.165) is 19.6 Å². The maximum absolute atomic E-state index is 6.20. The highest BCUT2D eigenvalue weighted by molar-refractivity contribution is 5.16. The van der Waals surface area contributed by atoms with E-state index in [2.05, 4.69) is 30.2 Å². The Bertz CT molecular complexity index is 376. The number of aromatic nitrogens is 1. The highest BCUT2D eigenvalue weighted by Gasteiger charge is 2.31. The summed E-state index contributed by atoms with van der Waals surface area (Å²) in [4.78, 5) is 4.31. The van der Waals surface area contributed by atoms with E-state index in [-0.39, 0.29) is 12.1 Å². The molecule has 2 unspecified atom stereocenters. The summed E-state index contributed by atoms with van der Waals surface area (Å²) >= 11 is 0. The van der Waals surface area contributed by atoms with Crippen LogP contribution in [0.25, 0.3) is 0 Å². The first-order valence-electron chi connectivity index (χ1n) is 8.61. The van der Waals surface area contributed by atoms with Crippen molar-refractivity contribution in [3.8, 4) is 0 Å². The summed E-state index contributed by atoms with van der Waals surface area (Å²) in [5, 5.41) is 3.70. The first kappa shape index (κ1) is 16.4. The van der Waals surface area contributed by atoms with E-state index in [4.69, 9.17) is 4.74 Å². The highest BCUT2D eigenvalue weighted by Crippen LogP contribution is 2.34. The minimum atomic E-state index is 0.265. The monoisotopic (exact) mass is 290 g/mol. The van der Waals surface area contributed by atoms with Gasteiger partial charge in [0.1, 0.15) is 0 Å². The molecule has 1 N–H and O–H groups in total. The zero-order valence-electron chi connectivity index (χ0n) is 13.6. The molecule has 0 radical (unpaired) electrons. The van der Waals surface area contributed by atoms with Gasteiger partial charge in [-0.3, -0.25) is 4.98 Å². The molecule has 1 heterocycles. The molecule has 21 heavy (non-hydrogen) atoms. The number of ether oxygens (including phenoxy) is 1. The van der Waals surface area contributed by atoms with E-state index in [1.54, 1.807) is 0 Å². The molecule has 0 amide bonds. The minimum Gasteiger partial charge on any atom is -0.376 e. The van der Waals surface area contributed by atoms with Crippen LogP contribution >= 0.6 is 0 Å². The highest BCUT2D eigenvalue weighted by atomic mass is 16.5. The van der Waals surface area contributed by atoms with Gasteiger partial charge in [0.2, 0.25) is 0 Å². The lowest BCUT2D eigenvalue weighted by molar-refractivity contribution is -0.0184. The molecule has 0 aromatic carbocycles. The van der Waals surface area contributed by atoms with E-state index < -0.39 is 0 Å². The van der Waals surface area contributed by atoms with Gasteiger partial charge in [0, 0.05) is 19.0 Å². The quantitative estimate of drug-likeness (QED) is 0.782. The number of pyridine rings is 1. The van der Waals surface area contributed by atoms with Gasteiger partial charge in [0.25, 0.3) is 0 Å². The number of hydrogen-bond donors (Lipinski definition) is 1. The summed E-state index contributed by atoms with van der Waals surface area (Å²) in [7, 11) is 0. The molecule has 1 aliphatic rings. The van der Waals surface area contributed by atoms with Crippen LogP contribution in [0.2, 0.25) is 0 Å². The lowest BCUT2D eigenvalue weighted by Gasteiger charge is -2.36. The predicted octanol–water partition coefficient (Wildman–Crippen LogP) is 4.11. The van der Waals surface area contributed by atoms with Crippen LogP contribution in [0.4, 0.5) is 0 Å². The van der Waals surface area contributed by atoms with E-state index in [1.807, 2.05) is 18.5 Å². The molecule has 1 saturated carbocycles. The molecule has 1 fully saturated rings. The molecule has 0 saturated heterocycles. The second kappa shape index (κ2) is 9.16. The van der Waals surface area contributed by atoms with Gasteiger partial charge in [0.05, 0.1) is 12.1 Å². The Labute approximate surface area is 129 Å². The number of nitrogens with one attached hydrogen (secondary N) is 1. The van der Waals surface area contributed by atoms with Crippen molar-refractivity contribution >= 4 is 0 Å². The molecule has 2 rings (SSSR count). The molecule has 0 bridgehead atoms. The molecular weight excluding hydrogens is 260 g/mol. The lowest BCUT2D eigenvalue weighted by atomic mass is 9.81. The third-order valence-corrected chi connectivity index (χ3v) is 4.46. The maximum atomic E-state index is 6.20. The molecule has 0 aliphatic heterocycles. The molecular formula is C18H30N2O. The van der Waals surface area contributed by atoms with Crippen LogP contribution < -0.4 is 5.32 Å². The van der Waals surface area contributed by atoms with E-state index in [1.165, 1.54) is 37.7 Å². The average molecular weight is 290 g/mol. The van der Waals surface area contributed by atoms with Crippen molar-refractivity contribution in [2.45, 2.75) is 64.5 Å². The van der Waals surface area contributed by atoms with E-state index >= 15 is 0 Å². The summed E-state index contributed by atoms with van der Waals surface area (Å²) < 4.78 is 6.20. The summed E-state index contributed by atoms with van der Waals surface area (Å²) in [5.41, 5.74) is 1.26. The van der Waals surface area contributed by atoms with E-state index in [9.17, 15) is 0 Å². The molecule has 0 spiro atoms. The Kier molecular flexibility index (Phi) is 7.17. The van der Waals surface area contributed by atoms with Gasteiger partial charge in [0.15, 0.2) is 0 Å². The fourth-order valence-corrected chi connectivity index (χ4v) is 3.44. The lowest BCUT2D eigenvalue weighted by Crippen LogP contribution is -2.40. The molecule has 118 valence electrons. The van der Waals surface area contributed by atoms with Gasteiger partial charge in [-0.2, -0.15) is 0 Å². The van der Waals surface area contributed by atoms with Crippen LogP contribution in [0.5, 0.6) is 0 Å². The average Bonchev–Trinajstić information content (AvgIpc) is 2.56. The Hall–Kier alpha value is -0.930. The molecule has 1 aromatic heterocycles. The summed E-state index contributed by atoms with van der Waals surface area (Å²) in [6.45, 7) is 6.13. The standard InChI is InChI=1S/C18H30N2O/c1-3-12-20-17(16-11-8-13-19-14-16)18(21-4-2)15-9-6-5-7-10-15/h8,11,13-15,17-18,20H,3-7,9-10,12H2,1-2H3. The normalized spacial score (nSPS) is 19.3. The van der Waals surface area contributed by atoms with Gasteiger partial charge in [-0.15, -0.1) is 0 Å². The van der Waals surface area contributed by atoms with Gasteiger partial charge < -0.3 is 10.1 Å². The largest absolute Gasteiger partial charge is 0.376 e. The molecule has 1 aromatic rings. The third-order valence-electron chi connectivity index (χ3n) is 4.46. The van der Waals surface area contributed by atoms with Gasteiger partial charge in [-0.1, -0.05) is 32.3 Å². The van der Waals surface area contributed by atoms with Crippen molar-refractivity contribution < 1.29 is 4.74 Å². The van der Waals surface area contributed by atoms with Crippen molar-refractivity contribution in [2.75, 3.05) is 13.2 Å². The number of hydrogen-bond acceptors (Lipinski definition) is 3. The first-order valence-corrected chi connectivity index (χ1v) is 8.61. The Balaban J connectivity index is 2.17. The summed E-state index contributed by atoms with van der Waals surface area (Å²) in [6.07, 6.45) is 11.9. The Morgan fingerprint density at radius 1 is 1.29 bits per heavy atom. The van der Waals surface area contributed by atoms with Crippen LogP contribution in [0.3, 0.4) is 0 Å². The van der Waals surface area contributed by atoms with Gasteiger partial charge in [-0.25, -0.2) is 0 Å². The Morgan fingerprint density at radius 2 is 2.10 bits per heavy atom. The van der Waals surface area contributed by atoms with Crippen molar-refractivity contribution in [1.82, 2.24) is 10.3 Å². The van der Waals surface area contributed by atoms with Gasteiger partial charge in [-0.05, 0) is 50.3 Å². The smallest absolute Gasteiger partial charge is 0.0798 e. The summed E-state index contributed by atoms with van der Waals surface area (Å²) in [5.74, 6) is 0.674. The fourth-order valence-electron chi connectivity index (χ4n) is 3.44. The summed E-state index contributed by atoms with van der Waals surface area (Å²) in [6, 6.07) is 4.47. The topological polar surface area (TPSA) is 34.2 Å². The second-order valence-corrected chi connectivity index (χ2v) is 6.04. The third kappa shape index (κ3) is 4.79. The Morgan fingerprint density at radius 3 is 2.71 bits per heavy atom. The van der Waals surface area contributed by atoms with Crippen molar-refractivity contribution in [2.24, 2.45) is 5.92 Å². The van der Waals surface area contributed by atoms with Crippen molar-refractivity contribution in [3.63, 3.8) is 0 Å². The number of nitrogens with zero attached hydrogens (tertiary/aromatic N) is 1. The minimum absolute atomic E-state index is 0.265. The maximum Gasteiger partial charge on any atom is 0.0798 e. The number of rotatable bonds is 8. The van der Waals surface area contributed by atoms with Crippen LogP contribution in [0, 0.1) is 5.92 Å². The van der Waals surface area contributed by atoms with Crippen molar-refractivity contribution in [1.29, 1.82) is 0 Å². The van der Waals surface area contributed by atoms with Crippen LogP contribution in [-0.4, -0.2) is 24.2 Å². The molecule has 3 heteroatoms. The van der Waals surface area contributed by atoms with Gasteiger partial charge >= 0.3 is 0 Å². The van der Waals surface area contributed by atoms with Crippen LogP contribution in [0.15, 0.2) is 24.5 Å². The molecule has 3 nitrogen and oxygen atoms in total. The SMILES string of the molecule is CCCNC(c1cccnc1)C(OCC)C1CCCCC1. The first-order chi connectivity index (χ1) is 10.4. The van der Waals surface area contributed by atoms with Crippen LogP contribution in [0.1, 0.15) is 64.0 Å². The molecule has 2 atom stereocenters. The van der Waals surface area contributed by atoms with Crippen LogP contribution in [-0.2, 0) is 4.74 Å².